The van der Waals surface area contributed by atoms with Crippen molar-refractivity contribution in [3.8, 4) is 11.1 Å². The van der Waals surface area contributed by atoms with E-state index in [0.29, 0.717) is 30.0 Å². The molecule has 0 aliphatic rings. The van der Waals surface area contributed by atoms with Gasteiger partial charge in [-0.05, 0) is 41.5 Å². The van der Waals surface area contributed by atoms with E-state index >= 15 is 0 Å². The van der Waals surface area contributed by atoms with Crippen molar-refractivity contribution < 1.29 is 14.7 Å². The molecule has 0 atom stereocenters. The third-order valence-corrected chi connectivity index (χ3v) is 5.04. The smallest absolute Gasteiger partial charge is 0.335 e. The Bertz CT molecular complexity index is 1290. The Morgan fingerprint density at radius 1 is 1.06 bits per heavy atom. The molecule has 0 saturated carbocycles. The minimum Gasteiger partial charge on any atom is -0.478 e. The molecular formula is C24H22N6O3. The zero-order valence-electron chi connectivity index (χ0n) is 17.7. The average Bonchev–Trinajstić information content (AvgIpc) is 3.27. The van der Waals surface area contributed by atoms with Gasteiger partial charge in [0.05, 0.1) is 29.2 Å². The zero-order valence-corrected chi connectivity index (χ0v) is 17.7. The summed E-state index contributed by atoms with van der Waals surface area (Å²) in [5, 5.41) is 20.1. The van der Waals surface area contributed by atoms with Crippen LogP contribution in [-0.2, 0) is 17.8 Å². The number of aromatic nitrogens is 4. The Kier molecular flexibility index (Phi) is 6.40. The highest BCUT2D eigenvalue weighted by atomic mass is 16.4. The number of carbonyl (C=O) groups excluding carboxylic acids is 1. The quantitative estimate of drug-likeness (QED) is 0.356. The molecular weight excluding hydrogens is 420 g/mol. The molecule has 0 radical (unpaired) electrons. The number of hydrogen-bond donors (Lipinski definition) is 3. The fourth-order valence-electron chi connectivity index (χ4n) is 3.35. The molecule has 2 heterocycles. The van der Waals surface area contributed by atoms with Crippen molar-refractivity contribution in [3.05, 3.63) is 90.0 Å². The number of nitrogens with two attached hydrogens (primary N) is 1. The maximum Gasteiger partial charge on any atom is 0.335 e. The number of carboxylic acid groups (broad SMARTS) is 1. The minimum atomic E-state index is -0.978. The van der Waals surface area contributed by atoms with Crippen molar-refractivity contribution in [2.24, 2.45) is 0 Å². The van der Waals surface area contributed by atoms with Crippen LogP contribution in [0.15, 0.2) is 73.2 Å². The fourth-order valence-corrected chi connectivity index (χ4v) is 3.35. The Labute approximate surface area is 189 Å². The molecule has 2 aromatic heterocycles. The van der Waals surface area contributed by atoms with Crippen LogP contribution >= 0.6 is 0 Å². The number of rotatable bonds is 8. The number of aromatic carboxylic acids is 1. The summed E-state index contributed by atoms with van der Waals surface area (Å²) in [6.45, 7) is 0.387. The number of nitrogens with one attached hydrogen (secondary N) is 1. The lowest BCUT2D eigenvalue weighted by atomic mass is 10.1. The number of nitrogen functional groups attached to an aromatic ring is 1. The van der Waals surface area contributed by atoms with Crippen LogP contribution in [0.5, 0.6) is 0 Å². The maximum atomic E-state index is 12.5. The molecule has 0 spiro atoms. The van der Waals surface area contributed by atoms with Crippen LogP contribution in [0.2, 0.25) is 0 Å². The van der Waals surface area contributed by atoms with Crippen molar-refractivity contribution in [2.45, 2.75) is 19.4 Å². The average molecular weight is 442 g/mol. The number of pyridine rings is 1. The molecule has 1 amide bonds. The molecule has 166 valence electrons. The number of nitrogens with zero attached hydrogens (tertiary/aromatic N) is 4. The lowest BCUT2D eigenvalue weighted by Crippen LogP contribution is -2.13. The van der Waals surface area contributed by atoms with Crippen LogP contribution in [0.4, 0.5) is 11.4 Å². The molecule has 33 heavy (non-hydrogen) atoms. The van der Waals surface area contributed by atoms with Gasteiger partial charge in [-0.2, -0.15) is 0 Å². The molecule has 2 aromatic carbocycles. The Morgan fingerprint density at radius 2 is 1.94 bits per heavy atom. The summed E-state index contributed by atoms with van der Waals surface area (Å²) >= 11 is 0. The van der Waals surface area contributed by atoms with Crippen molar-refractivity contribution >= 4 is 23.3 Å². The summed E-state index contributed by atoms with van der Waals surface area (Å²) < 4.78 is 1.61. The van der Waals surface area contributed by atoms with Gasteiger partial charge in [0.25, 0.3) is 0 Å². The SMILES string of the molecule is Nc1ccc(-c2cccnc2)cc1NC(=O)CCc1cn(Cc2cccc(C(=O)O)c2)nn1. The van der Waals surface area contributed by atoms with E-state index in [1.54, 1.807) is 41.5 Å². The van der Waals surface area contributed by atoms with Gasteiger partial charge in [-0.25, -0.2) is 9.48 Å². The standard InChI is InChI=1S/C24H22N6O3/c25-21-8-6-17(19-5-2-10-26-13-19)12-22(21)27-23(31)9-7-20-15-30(29-28-20)14-16-3-1-4-18(11-16)24(32)33/h1-6,8,10-13,15H,7,9,14,25H2,(H,27,31)(H,32,33). The van der Waals surface area contributed by atoms with Crippen LogP contribution in [0.25, 0.3) is 11.1 Å². The third kappa shape index (κ3) is 5.59. The van der Waals surface area contributed by atoms with Crippen molar-refractivity contribution in [1.29, 1.82) is 0 Å². The number of anilines is 2. The summed E-state index contributed by atoms with van der Waals surface area (Å²) in [6.07, 6.45) is 5.82. The number of amides is 1. The molecule has 0 saturated heterocycles. The van der Waals surface area contributed by atoms with Gasteiger partial charge in [0.1, 0.15) is 0 Å². The summed E-state index contributed by atoms with van der Waals surface area (Å²) in [4.78, 5) is 27.7. The topological polar surface area (TPSA) is 136 Å². The first-order valence-corrected chi connectivity index (χ1v) is 10.3. The summed E-state index contributed by atoms with van der Waals surface area (Å²) in [6, 6.07) is 15.9. The fraction of sp³-hybridized carbons (Fsp3) is 0.125. The van der Waals surface area contributed by atoms with Crippen LogP contribution in [0, 0.1) is 0 Å². The van der Waals surface area contributed by atoms with Crippen molar-refractivity contribution in [3.63, 3.8) is 0 Å². The Morgan fingerprint density at radius 3 is 2.73 bits per heavy atom. The van der Waals surface area contributed by atoms with Gasteiger partial charge in [-0.15, -0.1) is 5.10 Å². The molecule has 0 aliphatic carbocycles. The van der Waals surface area contributed by atoms with Gasteiger partial charge in [0.15, 0.2) is 0 Å². The molecule has 0 fully saturated rings. The Balaban J connectivity index is 1.35. The second-order valence-electron chi connectivity index (χ2n) is 7.50. The molecule has 9 nitrogen and oxygen atoms in total. The predicted octanol–water partition coefficient (Wildman–Crippen LogP) is 3.24. The van der Waals surface area contributed by atoms with E-state index in [-0.39, 0.29) is 17.9 Å². The van der Waals surface area contributed by atoms with Crippen LogP contribution in [-0.4, -0.2) is 37.0 Å². The Hall–Kier alpha value is -4.53. The molecule has 9 heteroatoms. The normalized spacial score (nSPS) is 10.7. The van der Waals surface area contributed by atoms with E-state index in [2.05, 4.69) is 20.6 Å². The molecule has 0 bridgehead atoms. The number of hydrogen-bond acceptors (Lipinski definition) is 6. The van der Waals surface area contributed by atoms with Gasteiger partial charge in [0, 0.05) is 37.0 Å². The largest absolute Gasteiger partial charge is 0.478 e. The van der Waals surface area contributed by atoms with Gasteiger partial charge >= 0.3 is 5.97 Å². The number of aryl methyl sites for hydroxylation is 1. The minimum absolute atomic E-state index is 0.186. The molecule has 4 N–H and O–H groups in total. The van der Waals surface area contributed by atoms with Gasteiger partial charge in [0.2, 0.25) is 5.91 Å². The number of carboxylic acids is 1. The van der Waals surface area contributed by atoms with Gasteiger partial charge in [-0.3, -0.25) is 9.78 Å². The molecule has 0 unspecified atom stereocenters. The van der Waals surface area contributed by atoms with E-state index in [0.717, 1.165) is 16.7 Å². The van der Waals surface area contributed by atoms with E-state index in [9.17, 15) is 9.59 Å². The first-order valence-electron chi connectivity index (χ1n) is 10.3. The van der Waals surface area contributed by atoms with Crippen LogP contribution in [0.3, 0.4) is 0 Å². The number of carbonyl (C=O) groups is 2. The van der Waals surface area contributed by atoms with E-state index in [1.807, 2.05) is 30.3 Å². The highest BCUT2D eigenvalue weighted by Crippen LogP contribution is 2.27. The molecule has 0 aliphatic heterocycles. The second-order valence-corrected chi connectivity index (χ2v) is 7.50. The number of benzene rings is 2. The van der Waals surface area contributed by atoms with Gasteiger partial charge in [-0.1, -0.05) is 29.5 Å². The van der Waals surface area contributed by atoms with Crippen molar-refractivity contribution in [2.75, 3.05) is 11.1 Å². The highest BCUT2D eigenvalue weighted by Gasteiger charge is 2.10. The van der Waals surface area contributed by atoms with E-state index < -0.39 is 5.97 Å². The predicted molar refractivity (Wildman–Crippen MR) is 124 cm³/mol. The van der Waals surface area contributed by atoms with Crippen LogP contribution < -0.4 is 11.1 Å². The van der Waals surface area contributed by atoms with Crippen LogP contribution in [0.1, 0.15) is 28.0 Å². The second kappa shape index (κ2) is 9.73. The summed E-state index contributed by atoms with van der Waals surface area (Å²) in [5.41, 5.74) is 10.6. The summed E-state index contributed by atoms with van der Waals surface area (Å²) in [5.74, 6) is -1.16. The van der Waals surface area contributed by atoms with Crippen molar-refractivity contribution in [1.82, 2.24) is 20.0 Å². The zero-order chi connectivity index (χ0) is 23.2. The monoisotopic (exact) mass is 442 g/mol. The third-order valence-electron chi connectivity index (χ3n) is 5.04. The van der Waals surface area contributed by atoms with E-state index in [4.69, 9.17) is 10.8 Å². The first kappa shape index (κ1) is 21.7. The van der Waals surface area contributed by atoms with Gasteiger partial charge < -0.3 is 16.2 Å². The summed E-state index contributed by atoms with van der Waals surface area (Å²) in [7, 11) is 0. The molecule has 4 aromatic rings. The lowest BCUT2D eigenvalue weighted by Gasteiger charge is -2.10. The lowest BCUT2D eigenvalue weighted by molar-refractivity contribution is -0.116. The highest BCUT2D eigenvalue weighted by molar-refractivity contribution is 5.95. The van der Waals surface area contributed by atoms with E-state index in [1.165, 1.54) is 6.07 Å². The maximum absolute atomic E-state index is 12.5. The molecule has 4 rings (SSSR count). The first-order chi connectivity index (χ1) is 16.0.